The fraction of sp³-hybridized carbons (Fsp3) is 0.800. The van der Waals surface area contributed by atoms with E-state index in [-0.39, 0.29) is 24.4 Å². The molecule has 2 saturated heterocycles. The molecule has 0 aromatic carbocycles. The first kappa shape index (κ1) is 18.3. The molecule has 0 aromatic rings. The zero-order valence-corrected chi connectivity index (χ0v) is 14.9. The molecule has 0 bridgehead atoms. The average Bonchev–Trinajstić information content (AvgIpc) is 2.56. The lowest BCUT2D eigenvalue weighted by atomic mass is 9.87. The molecule has 2 fully saturated rings. The first-order valence-electron chi connectivity index (χ1n) is 9.02. The number of rotatable bonds is 2. The number of ether oxygens (including phenoxy) is 3. The van der Waals surface area contributed by atoms with E-state index in [1.807, 2.05) is 0 Å². The monoisotopic (exact) mass is 318 g/mol. The molecule has 0 aromatic heterocycles. The van der Waals surface area contributed by atoms with E-state index in [1.54, 1.807) is 0 Å². The van der Waals surface area contributed by atoms with Crippen LogP contribution in [0.25, 0.3) is 0 Å². The third-order valence-corrected chi connectivity index (χ3v) is 4.75. The lowest BCUT2D eigenvalue weighted by Gasteiger charge is -2.39. The van der Waals surface area contributed by atoms with Gasteiger partial charge in [0.05, 0.1) is 13.2 Å². The molecule has 0 amide bonds. The van der Waals surface area contributed by atoms with Crippen LogP contribution in [-0.4, -0.2) is 25.8 Å². The normalized spacial score (nSPS) is 37.2. The van der Waals surface area contributed by atoms with Crippen molar-refractivity contribution >= 4 is 0 Å². The van der Waals surface area contributed by atoms with E-state index in [0.29, 0.717) is 25.0 Å². The maximum Gasteiger partial charge on any atom is 0.164 e. The van der Waals surface area contributed by atoms with E-state index in [4.69, 9.17) is 14.2 Å². The van der Waals surface area contributed by atoms with Crippen LogP contribution < -0.4 is 0 Å². The number of hydrogen-bond donors (Lipinski definition) is 0. The van der Waals surface area contributed by atoms with Gasteiger partial charge in [0.1, 0.15) is 0 Å². The molecule has 0 N–H and O–H groups in total. The predicted molar refractivity (Wildman–Crippen MR) is 91.2 cm³/mol. The average molecular weight is 318 g/mol. The number of hydrogen-bond acceptors (Lipinski definition) is 3. The first-order valence-corrected chi connectivity index (χ1v) is 9.02. The van der Waals surface area contributed by atoms with Crippen LogP contribution in [0, 0.1) is 47.4 Å². The van der Waals surface area contributed by atoms with Gasteiger partial charge in [0, 0.05) is 36.5 Å². The van der Waals surface area contributed by atoms with Crippen molar-refractivity contribution in [2.24, 2.45) is 23.7 Å². The van der Waals surface area contributed by atoms with Gasteiger partial charge in [-0.2, -0.15) is 0 Å². The van der Waals surface area contributed by atoms with Crippen LogP contribution in [0.5, 0.6) is 0 Å². The van der Waals surface area contributed by atoms with Crippen LogP contribution in [0.1, 0.15) is 53.4 Å². The third kappa shape index (κ3) is 4.98. The Morgan fingerprint density at radius 2 is 1.26 bits per heavy atom. The Hall–Kier alpha value is -1.00. The molecule has 23 heavy (non-hydrogen) atoms. The van der Waals surface area contributed by atoms with Gasteiger partial charge < -0.3 is 14.2 Å². The van der Waals surface area contributed by atoms with E-state index >= 15 is 0 Å². The van der Waals surface area contributed by atoms with Crippen LogP contribution in [-0.2, 0) is 14.2 Å². The summed E-state index contributed by atoms with van der Waals surface area (Å²) >= 11 is 0. The van der Waals surface area contributed by atoms with Crippen molar-refractivity contribution in [3.8, 4) is 23.7 Å². The van der Waals surface area contributed by atoms with Crippen molar-refractivity contribution in [3.05, 3.63) is 0 Å². The molecule has 128 valence electrons. The van der Waals surface area contributed by atoms with Gasteiger partial charge in [-0.1, -0.05) is 39.5 Å². The molecule has 2 heterocycles. The minimum Gasteiger partial charge on any atom is -0.352 e. The molecule has 2 rings (SSSR count). The summed E-state index contributed by atoms with van der Waals surface area (Å²) in [6.45, 7) is 9.91. The predicted octanol–water partition coefficient (Wildman–Crippen LogP) is 3.83. The fourth-order valence-corrected chi connectivity index (χ4v) is 3.16. The summed E-state index contributed by atoms with van der Waals surface area (Å²) in [5.74, 6) is 14.4. The summed E-state index contributed by atoms with van der Waals surface area (Å²) in [4.78, 5) is 0. The molecule has 2 aliphatic rings. The highest BCUT2D eigenvalue weighted by Crippen LogP contribution is 2.33. The van der Waals surface area contributed by atoms with Gasteiger partial charge in [-0.25, -0.2) is 0 Å². The first-order chi connectivity index (χ1) is 11.2. The molecule has 3 heteroatoms. The van der Waals surface area contributed by atoms with Crippen molar-refractivity contribution in [1.29, 1.82) is 0 Å². The van der Waals surface area contributed by atoms with Gasteiger partial charge in [-0.3, -0.25) is 0 Å². The Labute approximate surface area is 141 Å². The second-order valence-corrected chi connectivity index (χ2v) is 6.47. The molecule has 0 saturated carbocycles. The molecular weight excluding hydrogens is 288 g/mol. The van der Waals surface area contributed by atoms with E-state index in [2.05, 4.69) is 51.4 Å². The van der Waals surface area contributed by atoms with E-state index in [1.165, 1.54) is 0 Å². The molecule has 0 spiro atoms. The Morgan fingerprint density at radius 3 is 1.65 bits per heavy atom. The van der Waals surface area contributed by atoms with Crippen LogP contribution in [0.15, 0.2) is 0 Å². The molecule has 6 atom stereocenters. The molecule has 0 aliphatic carbocycles. The minimum atomic E-state index is -0.231. The van der Waals surface area contributed by atoms with Crippen molar-refractivity contribution in [2.45, 2.75) is 66.0 Å². The lowest BCUT2D eigenvalue weighted by molar-refractivity contribution is -0.300. The van der Waals surface area contributed by atoms with Gasteiger partial charge >= 0.3 is 0 Å². The quantitative estimate of drug-likeness (QED) is 0.724. The summed E-state index contributed by atoms with van der Waals surface area (Å²) < 4.78 is 17.9. The van der Waals surface area contributed by atoms with Crippen LogP contribution >= 0.6 is 0 Å². The second kappa shape index (κ2) is 9.33. The van der Waals surface area contributed by atoms with E-state index in [0.717, 1.165) is 25.7 Å². The van der Waals surface area contributed by atoms with Gasteiger partial charge in [-0.15, -0.1) is 11.8 Å². The van der Waals surface area contributed by atoms with Gasteiger partial charge in [0.2, 0.25) is 0 Å². The Morgan fingerprint density at radius 1 is 0.826 bits per heavy atom. The minimum absolute atomic E-state index is 0.231. The van der Waals surface area contributed by atoms with Gasteiger partial charge in [0.25, 0.3) is 0 Å². The fourth-order valence-electron chi connectivity index (χ4n) is 3.16. The van der Waals surface area contributed by atoms with Crippen molar-refractivity contribution in [2.75, 3.05) is 13.2 Å². The smallest absolute Gasteiger partial charge is 0.164 e. The maximum atomic E-state index is 6.20. The van der Waals surface area contributed by atoms with E-state index in [9.17, 15) is 0 Å². The third-order valence-electron chi connectivity index (χ3n) is 4.75. The summed E-state index contributed by atoms with van der Waals surface area (Å²) in [6.07, 6.45) is 3.31. The summed E-state index contributed by atoms with van der Waals surface area (Å²) in [5.41, 5.74) is 0. The van der Waals surface area contributed by atoms with Crippen molar-refractivity contribution in [3.63, 3.8) is 0 Å². The molecule has 3 nitrogen and oxygen atoms in total. The van der Waals surface area contributed by atoms with Crippen LogP contribution in [0.4, 0.5) is 0 Å². The Bertz CT molecular complexity index is 435. The zero-order chi connectivity index (χ0) is 16.7. The van der Waals surface area contributed by atoms with Crippen molar-refractivity contribution < 1.29 is 14.2 Å². The largest absolute Gasteiger partial charge is 0.352 e. The highest BCUT2D eigenvalue weighted by Gasteiger charge is 2.37. The van der Waals surface area contributed by atoms with E-state index < -0.39 is 0 Å². The zero-order valence-electron chi connectivity index (χ0n) is 14.9. The molecule has 6 unspecified atom stereocenters. The maximum absolute atomic E-state index is 6.20. The summed E-state index contributed by atoms with van der Waals surface area (Å²) in [6, 6.07) is 0. The summed E-state index contributed by atoms with van der Waals surface area (Å²) in [5, 5.41) is 0. The SMILES string of the molecule is CCC#CC1CCOC(OC2OCCC(C#CCC)C2C)C1C. The van der Waals surface area contributed by atoms with Gasteiger partial charge in [-0.05, 0) is 12.8 Å². The second-order valence-electron chi connectivity index (χ2n) is 6.47. The molecule has 2 aliphatic heterocycles. The highest BCUT2D eigenvalue weighted by molar-refractivity contribution is 5.07. The topological polar surface area (TPSA) is 27.7 Å². The summed E-state index contributed by atoms with van der Waals surface area (Å²) in [7, 11) is 0. The standard InChI is InChI=1S/C20H30O3/c1-5-7-9-17-11-13-21-19(15(17)3)23-20-16(4)18(10-8-6-2)12-14-22-20/h15-20H,5-6,11-14H2,1-4H3. The van der Waals surface area contributed by atoms with Crippen LogP contribution in [0.2, 0.25) is 0 Å². The molecular formula is C20H30O3. The Balaban J connectivity index is 1.97. The lowest BCUT2D eigenvalue weighted by Crippen LogP contribution is -2.44. The van der Waals surface area contributed by atoms with Crippen LogP contribution in [0.3, 0.4) is 0 Å². The Kier molecular flexibility index (Phi) is 7.44. The highest BCUT2D eigenvalue weighted by atomic mass is 16.8. The van der Waals surface area contributed by atoms with Crippen molar-refractivity contribution in [1.82, 2.24) is 0 Å². The van der Waals surface area contributed by atoms with Gasteiger partial charge in [0.15, 0.2) is 12.6 Å². The molecule has 0 radical (unpaired) electrons.